The van der Waals surface area contributed by atoms with Crippen LogP contribution < -0.4 is 4.74 Å². The number of ether oxygens (including phenoxy) is 1. The monoisotopic (exact) mass is 655 g/mol. The zero-order chi connectivity index (χ0) is 35.0. The van der Waals surface area contributed by atoms with E-state index in [4.69, 9.17) is 30.9 Å². The molecule has 0 aliphatic heterocycles. The number of phenols is 1. The van der Waals surface area contributed by atoms with E-state index >= 15 is 0 Å². The van der Waals surface area contributed by atoms with Crippen molar-refractivity contribution in [2.75, 3.05) is 0 Å². The quantitative estimate of drug-likeness (QED) is 0.141. The summed E-state index contributed by atoms with van der Waals surface area (Å²) >= 11 is 0. The largest absolute Gasteiger partial charge is 0.508 e. The van der Waals surface area contributed by atoms with Crippen LogP contribution in [0.25, 0.3) is 22.3 Å². The SMILES string of the molecule is C.N#Cc1ccc(Oc2ccc(-c3ccccc3)cc2)cc1C#N.N#Cc1ccc([N+](=O)[O-])cc1C#N.Oc1ccc(-c2ccccc2)cc1. The van der Waals surface area contributed by atoms with Gasteiger partial charge in [-0.1, -0.05) is 92.4 Å². The second-order valence-corrected chi connectivity index (χ2v) is 10.0. The molecule has 9 nitrogen and oxygen atoms in total. The normalized spacial score (nSPS) is 9.20. The molecule has 0 heterocycles. The summed E-state index contributed by atoms with van der Waals surface area (Å²) in [6.45, 7) is 0. The Hall–Kier alpha value is -7.72. The summed E-state index contributed by atoms with van der Waals surface area (Å²) in [4.78, 5) is 9.67. The minimum Gasteiger partial charge on any atom is -0.508 e. The molecule has 9 heteroatoms. The zero-order valence-corrected chi connectivity index (χ0v) is 25.8. The van der Waals surface area contributed by atoms with Gasteiger partial charge in [0, 0.05) is 12.1 Å². The van der Waals surface area contributed by atoms with Crippen LogP contribution in [0.5, 0.6) is 17.2 Å². The van der Waals surface area contributed by atoms with Gasteiger partial charge in [0.15, 0.2) is 0 Å². The van der Waals surface area contributed by atoms with Gasteiger partial charge < -0.3 is 9.84 Å². The van der Waals surface area contributed by atoms with Gasteiger partial charge in [-0.25, -0.2) is 0 Å². The first-order valence-corrected chi connectivity index (χ1v) is 14.6. The molecule has 0 radical (unpaired) electrons. The standard InChI is InChI=1S/C20H12N2O.C12H10O.C8H3N3O2.CH4/c21-13-17-8-11-20(12-18(17)14-22)23-19-9-6-16(7-10-19)15-4-2-1-3-5-15;13-12-8-6-11(7-9-12)10-4-2-1-3-5-10;9-4-6-1-2-8(11(12)13)3-7(6)5-10;/h1-12H;1-9,13H;1-3H;1H4. The lowest BCUT2D eigenvalue weighted by Crippen LogP contribution is -1.90. The van der Waals surface area contributed by atoms with E-state index in [0.29, 0.717) is 28.4 Å². The van der Waals surface area contributed by atoms with Crippen LogP contribution in [0.4, 0.5) is 5.69 Å². The molecule has 0 unspecified atom stereocenters. The van der Waals surface area contributed by atoms with Crippen LogP contribution in [0.3, 0.4) is 0 Å². The predicted molar refractivity (Wildman–Crippen MR) is 191 cm³/mol. The van der Waals surface area contributed by atoms with Gasteiger partial charge in [-0.15, -0.1) is 0 Å². The molecule has 0 amide bonds. The zero-order valence-electron chi connectivity index (χ0n) is 25.8. The van der Waals surface area contributed by atoms with Crippen LogP contribution in [-0.2, 0) is 0 Å². The van der Waals surface area contributed by atoms with Crippen LogP contribution in [0.15, 0.2) is 146 Å². The van der Waals surface area contributed by atoms with Crippen LogP contribution >= 0.6 is 0 Å². The first kappa shape index (κ1) is 36.7. The molecular formula is C41H29N5O4. The molecule has 0 fully saturated rings. The van der Waals surface area contributed by atoms with Crippen molar-refractivity contribution in [1.29, 1.82) is 21.0 Å². The highest BCUT2D eigenvalue weighted by Crippen LogP contribution is 2.27. The molecule has 0 spiro atoms. The summed E-state index contributed by atoms with van der Waals surface area (Å²) in [6, 6.07) is 51.0. The maximum absolute atomic E-state index is 10.3. The Morgan fingerprint density at radius 2 is 0.900 bits per heavy atom. The van der Waals surface area contributed by atoms with Crippen LogP contribution in [-0.4, -0.2) is 10.0 Å². The van der Waals surface area contributed by atoms with Gasteiger partial charge in [0.25, 0.3) is 5.69 Å². The summed E-state index contributed by atoms with van der Waals surface area (Å²) in [5.74, 6) is 1.52. The molecular weight excluding hydrogens is 626 g/mol. The highest BCUT2D eigenvalue weighted by molar-refractivity contribution is 5.65. The Labute approximate surface area is 290 Å². The summed E-state index contributed by atoms with van der Waals surface area (Å²) in [5.41, 5.74) is 5.19. The van der Waals surface area contributed by atoms with Gasteiger partial charge >= 0.3 is 0 Å². The summed E-state index contributed by atoms with van der Waals surface area (Å²) in [7, 11) is 0. The molecule has 0 aromatic heterocycles. The van der Waals surface area contributed by atoms with E-state index in [1.54, 1.807) is 42.5 Å². The molecule has 6 rings (SSSR count). The van der Waals surface area contributed by atoms with Crippen molar-refractivity contribution in [3.63, 3.8) is 0 Å². The average molecular weight is 656 g/mol. The summed E-state index contributed by atoms with van der Waals surface area (Å²) < 4.78 is 5.75. The second kappa shape index (κ2) is 18.4. The fraction of sp³-hybridized carbons (Fsp3) is 0.0244. The molecule has 6 aromatic rings. The van der Waals surface area contributed by atoms with E-state index in [1.807, 2.05) is 97.1 Å². The Morgan fingerprint density at radius 1 is 0.500 bits per heavy atom. The van der Waals surface area contributed by atoms with E-state index in [0.717, 1.165) is 22.8 Å². The lowest BCUT2D eigenvalue weighted by Gasteiger charge is -2.08. The molecule has 0 atom stereocenters. The number of hydrogen-bond donors (Lipinski definition) is 1. The number of nitro benzene ring substituents is 1. The number of hydrogen-bond acceptors (Lipinski definition) is 8. The fourth-order valence-corrected chi connectivity index (χ4v) is 4.38. The van der Waals surface area contributed by atoms with Crippen molar-refractivity contribution in [1.82, 2.24) is 0 Å². The maximum Gasteiger partial charge on any atom is 0.270 e. The van der Waals surface area contributed by atoms with Crippen LogP contribution in [0.2, 0.25) is 0 Å². The van der Waals surface area contributed by atoms with Crippen molar-refractivity contribution in [2.24, 2.45) is 0 Å². The number of aromatic hydroxyl groups is 1. The topological polar surface area (TPSA) is 168 Å². The summed E-state index contributed by atoms with van der Waals surface area (Å²) in [6.07, 6.45) is 0. The first-order chi connectivity index (χ1) is 23.8. The Kier molecular flexibility index (Phi) is 13.5. The smallest absolute Gasteiger partial charge is 0.270 e. The Bertz CT molecular complexity index is 2210. The van der Waals surface area contributed by atoms with Gasteiger partial charge in [-0.05, 0) is 70.8 Å². The molecule has 0 aliphatic carbocycles. The molecule has 1 N–H and O–H groups in total. The second-order valence-electron chi connectivity index (χ2n) is 10.0. The first-order valence-electron chi connectivity index (χ1n) is 14.6. The van der Waals surface area contributed by atoms with E-state index < -0.39 is 4.92 Å². The van der Waals surface area contributed by atoms with Crippen molar-refractivity contribution in [2.45, 2.75) is 7.43 Å². The minimum atomic E-state index is -0.609. The van der Waals surface area contributed by atoms with Gasteiger partial charge in [0.1, 0.15) is 41.5 Å². The van der Waals surface area contributed by atoms with Gasteiger partial charge in [0.05, 0.1) is 27.2 Å². The minimum absolute atomic E-state index is 0. The van der Waals surface area contributed by atoms with Gasteiger partial charge in [-0.3, -0.25) is 10.1 Å². The number of rotatable bonds is 5. The highest BCUT2D eigenvalue weighted by Gasteiger charge is 2.09. The summed E-state index contributed by atoms with van der Waals surface area (Å²) in [5, 5.41) is 54.4. The molecule has 0 aliphatic rings. The number of benzene rings is 6. The molecule has 0 saturated carbocycles. The highest BCUT2D eigenvalue weighted by atomic mass is 16.6. The van der Waals surface area contributed by atoms with E-state index in [9.17, 15) is 10.1 Å². The average Bonchev–Trinajstić information content (AvgIpc) is 3.16. The van der Waals surface area contributed by atoms with E-state index in [1.165, 1.54) is 17.7 Å². The third-order valence-corrected chi connectivity index (χ3v) is 6.86. The van der Waals surface area contributed by atoms with Crippen molar-refractivity contribution in [3.05, 3.63) is 178 Å². The maximum atomic E-state index is 10.3. The molecule has 0 bridgehead atoms. The number of phenolic OH excluding ortho intramolecular Hbond substituents is 1. The lowest BCUT2D eigenvalue weighted by atomic mass is 10.1. The van der Waals surface area contributed by atoms with Gasteiger partial charge in [-0.2, -0.15) is 21.0 Å². The van der Waals surface area contributed by atoms with Crippen molar-refractivity contribution < 1.29 is 14.8 Å². The molecule has 242 valence electrons. The van der Waals surface area contributed by atoms with Crippen LogP contribution in [0.1, 0.15) is 29.7 Å². The van der Waals surface area contributed by atoms with Crippen LogP contribution in [0, 0.1) is 55.4 Å². The Balaban J connectivity index is 0.000000215. The van der Waals surface area contributed by atoms with E-state index in [2.05, 4.69) is 12.1 Å². The number of non-ortho nitro benzene ring substituents is 1. The van der Waals surface area contributed by atoms with Crippen molar-refractivity contribution in [3.8, 4) is 63.8 Å². The predicted octanol–water partition coefficient (Wildman–Crippen LogP) is 9.92. The number of nitrogens with zero attached hydrogens (tertiary/aromatic N) is 5. The lowest BCUT2D eigenvalue weighted by molar-refractivity contribution is -0.384. The number of nitriles is 4. The third kappa shape index (κ3) is 10.1. The van der Waals surface area contributed by atoms with E-state index in [-0.39, 0.29) is 24.2 Å². The fourth-order valence-electron chi connectivity index (χ4n) is 4.38. The molecule has 50 heavy (non-hydrogen) atoms. The molecule has 0 saturated heterocycles. The van der Waals surface area contributed by atoms with Gasteiger partial charge in [0.2, 0.25) is 0 Å². The third-order valence-electron chi connectivity index (χ3n) is 6.86. The van der Waals surface area contributed by atoms with Crippen molar-refractivity contribution >= 4 is 5.69 Å². The molecule has 6 aromatic carbocycles. The Morgan fingerprint density at radius 3 is 1.36 bits per heavy atom. The number of nitro groups is 1.